The van der Waals surface area contributed by atoms with E-state index in [4.69, 9.17) is 10.2 Å². The summed E-state index contributed by atoms with van der Waals surface area (Å²) in [5.41, 5.74) is 0.674. The Hall–Kier alpha value is -2.90. The van der Waals surface area contributed by atoms with Gasteiger partial charge in [-0.25, -0.2) is 9.78 Å². The zero-order valence-electron chi connectivity index (χ0n) is 10.3. The standard InChI is InChI=1S/C12H12N4O4/c17-8-3-1-7(2-4-8)5-9(12(19)20)15-11(18)10-13-6-14-16-10/h1-4,6,9,17H,5H2,(H,15,18)(H,19,20)(H,13,14,16). The number of hydrogen-bond donors (Lipinski definition) is 4. The number of carbonyl (C=O) groups is 2. The highest BCUT2D eigenvalue weighted by Gasteiger charge is 2.22. The van der Waals surface area contributed by atoms with E-state index in [9.17, 15) is 9.59 Å². The Labute approximate surface area is 113 Å². The third kappa shape index (κ3) is 3.31. The van der Waals surface area contributed by atoms with E-state index in [0.29, 0.717) is 5.56 Å². The van der Waals surface area contributed by atoms with Crippen molar-refractivity contribution < 1.29 is 19.8 Å². The third-order valence-corrected chi connectivity index (χ3v) is 2.61. The molecule has 1 aromatic carbocycles. The number of phenols is 1. The minimum atomic E-state index is -1.16. The molecule has 1 amide bonds. The number of rotatable bonds is 5. The van der Waals surface area contributed by atoms with E-state index in [1.54, 1.807) is 12.1 Å². The molecule has 20 heavy (non-hydrogen) atoms. The summed E-state index contributed by atoms with van der Waals surface area (Å²) in [6.45, 7) is 0. The summed E-state index contributed by atoms with van der Waals surface area (Å²) >= 11 is 0. The number of aromatic nitrogens is 3. The normalized spacial score (nSPS) is 11.8. The number of amides is 1. The summed E-state index contributed by atoms with van der Waals surface area (Å²) < 4.78 is 0. The van der Waals surface area contributed by atoms with Crippen LogP contribution in [0.1, 0.15) is 16.2 Å². The number of aromatic amines is 1. The van der Waals surface area contributed by atoms with Crippen LogP contribution in [0.15, 0.2) is 30.6 Å². The van der Waals surface area contributed by atoms with Gasteiger partial charge in [-0.2, -0.15) is 5.10 Å². The highest BCUT2D eigenvalue weighted by Crippen LogP contribution is 2.11. The Morgan fingerprint density at radius 2 is 2.00 bits per heavy atom. The molecule has 0 bridgehead atoms. The van der Waals surface area contributed by atoms with Gasteiger partial charge in [-0.05, 0) is 17.7 Å². The van der Waals surface area contributed by atoms with Crippen LogP contribution in [0.4, 0.5) is 0 Å². The molecule has 0 aliphatic heterocycles. The van der Waals surface area contributed by atoms with Gasteiger partial charge in [-0.1, -0.05) is 12.1 Å². The Bertz CT molecular complexity index is 594. The number of carboxylic acids is 1. The molecular formula is C12H12N4O4. The van der Waals surface area contributed by atoms with Crippen molar-refractivity contribution in [1.82, 2.24) is 20.5 Å². The molecule has 1 unspecified atom stereocenters. The van der Waals surface area contributed by atoms with Crippen molar-refractivity contribution in [2.45, 2.75) is 12.5 Å². The summed E-state index contributed by atoms with van der Waals surface area (Å²) in [6, 6.07) is 4.98. The van der Waals surface area contributed by atoms with Gasteiger partial charge in [-0.3, -0.25) is 9.89 Å². The fraction of sp³-hybridized carbons (Fsp3) is 0.167. The lowest BCUT2D eigenvalue weighted by atomic mass is 10.1. The average molecular weight is 276 g/mol. The first-order valence-corrected chi connectivity index (χ1v) is 5.73. The molecule has 104 valence electrons. The van der Waals surface area contributed by atoms with Gasteiger partial charge in [0.05, 0.1) is 0 Å². The first kappa shape index (κ1) is 13.5. The molecule has 1 aromatic heterocycles. The second-order valence-electron chi connectivity index (χ2n) is 4.07. The smallest absolute Gasteiger partial charge is 0.326 e. The highest BCUT2D eigenvalue weighted by atomic mass is 16.4. The lowest BCUT2D eigenvalue weighted by Crippen LogP contribution is -2.42. The van der Waals surface area contributed by atoms with Crippen LogP contribution in [0.25, 0.3) is 0 Å². The molecule has 2 rings (SSSR count). The number of phenolic OH excluding ortho intramolecular Hbond substituents is 1. The lowest BCUT2D eigenvalue weighted by Gasteiger charge is -2.13. The number of benzene rings is 1. The second kappa shape index (κ2) is 5.83. The SMILES string of the molecule is O=C(NC(Cc1ccc(O)cc1)C(=O)O)c1ncn[nH]1. The molecule has 4 N–H and O–H groups in total. The maximum Gasteiger partial charge on any atom is 0.326 e. The first-order valence-electron chi connectivity index (χ1n) is 5.73. The Balaban J connectivity index is 2.06. The van der Waals surface area contributed by atoms with E-state index in [-0.39, 0.29) is 18.0 Å². The van der Waals surface area contributed by atoms with Crippen LogP contribution in [0, 0.1) is 0 Å². The summed E-state index contributed by atoms with van der Waals surface area (Å²) in [6.07, 6.45) is 1.25. The topological polar surface area (TPSA) is 128 Å². The van der Waals surface area contributed by atoms with Gasteiger partial charge in [0, 0.05) is 6.42 Å². The van der Waals surface area contributed by atoms with E-state index in [1.165, 1.54) is 12.1 Å². The molecule has 8 heteroatoms. The van der Waals surface area contributed by atoms with Gasteiger partial charge >= 0.3 is 5.97 Å². The zero-order chi connectivity index (χ0) is 14.5. The van der Waals surface area contributed by atoms with Crippen molar-refractivity contribution in [3.63, 3.8) is 0 Å². The fourth-order valence-electron chi connectivity index (χ4n) is 1.61. The van der Waals surface area contributed by atoms with Crippen LogP contribution >= 0.6 is 0 Å². The van der Waals surface area contributed by atoms with Crippen molar-refractivity contribution in [1.29, 1.82) is 0 Å². The molecule has 0 aliphatic rings. The van der Waals surface area contributed by atoms with Gasteiger partial charge in [-0.15, -0.1) is 0 Å². The Morgan fingerprint density at radius 1 is 1.30 bits per heavy atom. The molecule has 0 spiro atoms. The highest BCUT2D eigenvalue weighted by molar-refractivity contribution is 5.93. The summed E-state index contributed by atoms with van der Waals surface area (Å²) in [5, 5.41) is 26.5. The summed E-state index contributed by atoms with van der Waals surface area (Å²) in [5.74, 6) is -1.77. The molecular weight excluding hydrogens is 264 g/mol. The van der Waals surface area contributed by atoms with E-state index in [0.717, 1.165) is 6.33 Å². The summed E-state index contributed by atoms with van der Waals surface area (Å²) in [7, 11) is 0. The van der Waals surface area contributed by atoms with Gasteiger partial charge in [0.2, 0.25) is 5.82 Å². The molecule has 8 nitrogen and oxygen atoms in total. The minimum Gasteiger partial charge on any atom is -0.508 e. The molecule has 1 heterocycles. The number of nitrogens with zero attached hydrogens (tertiary/aromatic N) is 2. The lowest BCUT2D eigenvalue weighted by molar-refractivity contribution is -0.139. The van der Waals surface area contributed by atoms with Crippen molar-refractivity contribution in [3.05, 3.63) is 42.0 Å². The van der Waals surface area contributed by atoms with E-state index in [1.807, 2.05) is 0 Å². The predicted molar refractivity (Wildman–Crippen MR) is 67.1 cm³/mol. The van der Waals surface area contributed by atoms with Crippen LogP contribution < -0.4 is 5.32 Å². The number of aliphatic carboxylic acids is 1. The maximum atomic E-state index is 11.7. The van der Waals surface area contributed by atoms with Crippen LogP contribution in [0.3, 0.4) is 0 Å². The molecule has 2 aromatic rings. The number of H-pyrrole nitrogens is 1. The van der Waals surface area contributed by atoms with Gasteiger partial charge in [0.15, 0.2) is 0 Å². The van der Waals surface area contributed by atoms with Crippen molar-refractivity contribution >= 4 is 11.9 Å². The molecule has 0 saturated heterocycles. The Morgan fingerprint density at radius 3 is 2.55 bits per heavy atom. The number of carboxylic acid groups (broad SMARTS) is 1. The van der Waals surface area contributed by atoms with Gasteiger partial charge < -0.3 is 15.5 Å². The van der Waals surface area contributed by atoms with Crippen LogP contribution in [-0.4, -0.2) is 43.3 Å². The van der Waals surface area contributed by atoms with Crippen molar-refractivity contribution in [2.24, 2.45) is 0 Å². The number of aromatic hydroxyl groups is 1. The molecule has 0 radical (unpaired) electrons. The van der Waals surface area contributed by atoms with Crippen molar-refractivity contribution in [3.8, 4) is 5.75 Å². The van der Waals surface area contributed by atoms with Gasteiger partial charge in [0.25, 0.3) is 5.91 Å². The van der Waals surface area contributed by atoms with Crippen molar-refractivity contribution in [2.75, 3.05) is 0 Å². The quantitative estimate of drug-likeness (QED) is 0.605. The molecule has 1 atom stereocenters. The monoisotopic (exact) mass is 276 g/mol. The molecule has 0 fully saturated rings. The zero-order valence-corrected chi connectivity index (χ0v) is 10.3. The number of hydrogen-bond acceptors (Lipinski definition) is 5. The number of carbonyl (C=O) groups excluding carboxylic acids is 1. The van der Waals surface area contributed by atoms with E-state index >= 15 is 0 Å². The number of nitrogens with one attached hydrogen (secondary N) is 2. The van der Waals surface area contributed by atoms with E-state index in [2.05, 4.69) is 20.5 Å². The largest absolute Gasteiger partial charge is 0.508 e. The molecule has 0 aliphatic carbocycles. The van der Waals surface area contributed by atoms with Crippen LogP contribution in [-0.2, 0) is 11.2 Å². The Kier molecular flexibility index (Phi) is 3.94. The van der Waals surface area contributed by atoms with Crippen LogP contribution in [0.2, 0.25) is 0 Å². The third-order valence-electron chi connectivity index (χ3n) is 2.61. The first-order chi connectivity index (χ1) is 9.56. The van der Waals surface area contributed by atoms with Gasteiger partial charge in [0.1, 0.15) is 18.1 Å². The predicted octanol–water partition coefficient (Wildman–Crippen LogP) is -0.0640. The summed E-state index contributed by atoms with van der Waals surface area (Å²) in [4.78, 5) is 26.5. The average Bonchev–Trinajstić information content (AvgIpc) is 2.94. The minimum absolute atomic E-state index is 0.0537. The fourth-order valence-corrected chi connectivity index (χ4v) is 1.61. The second-order valence-corrected chi connectivity index (χ2v) is 4.07. The maximum absolute atomic E-state index is 11.7. The molecule has 0 saturated carbocycles. The van der Waals surface area contributed by atoms with E-state index < -0.39 is 17.9 Å². The van der Waals surface area contributed by atoms with Crippen LogP contribution in [0.5, 0.6) is 5.75 Å².